The molecule has 188 valence electrons. The van der Waals surface area contributed by atoms with E-state index in [0.29, 0.717) is 25.9 Å². The van der Waals surface area contributed by atoms with Crippen molar-refractivity contribution in [1.29, 1.82) is 0 Å². The molecule has 7 nitrogen and oxygen atoms in total. The van der Waals surface area contributed by atoms with Crippen molar-refractivity contribution in [1.82, 2.24) is 9.62 Å². The first kappa shape index (κ1) is 26.2. The highest BCUT2D eigenvalue weighted by Crippen LogP contribution is 2.41. The molecule has 13 heteroatoms. The van der Waals surface area contributed by atoms with Crippen molar-refractivity contribution in [2.75, 3.05) is 39.0 Å². The zero-order chi connectivity index (χ0) is 24.4. The van der Waals surface area contributed by atoms with Crippen molar-refractivity contribution in [2.45, 2.75) is 42.0 Å². The summed E-state index contributed by atoms with van der Waals surface area (Å²) in [5.41, 5.74) is 0. The maximum atomic E-state index is 14.2. The van der Waals surface area contributed by atoms with Crippen LogP contribution in [-0.2, 0) is 19.9 Å². The van der Waals surface area contributed by atoms with E-state index in [1.54, 1.807) is 0 Å². The summed E-state index contributed by atoms with van der Waals surface area (Å²) in [6.45, 7) is 0.706. The molecule has 0 bridgehead atoms. The van der Waals surface area contributed by atoms with Crippen LogP contribution < -0.4 is 10.1 Å². The number of rotatable bonds is 7. The van der Waals surface area contributed by atoms with Crippen LogP contribution >= 0.6 is 0 Å². The molecule has 1 aliphatic heterocycles. The third-order valence-corrected chi connectivity index (χ3v) is 9.69. The summed E-state index contributed by atoms with van der Waals surface area (Å²) < 4.78 is 111. The minimum atomic E-state index is -4.87. The van der Waals surface area contributed by atoms with Crippen molar-refractivity contribution in [2.24, 2.45) is 11.8 Å². The van der Waals surface area contributed by atoms with E-state index >= 15 is 0 Å². The van der Waals surface area contributed by atoms with Gasteiger partial charge in [0.05, 0.1) is 11.5 Å². The Balaban J connectivity index is 1.62. The zero-order valence-corrected chi connectivity index (χ0v) is 19.8. The molecule has 33 heavy (non-hydrogen) atoms. The molecule has 1 unspecified atom stereocenters. The van der Waals surface area contributed by atoms with Gasteiger partial charge in [-0.3, -0.25) is 0 Å². The first-order valence-electron chi connectivity index (χ1n) is 10.7. The van der Waals surface area contributed by atoms with Crippen LogP contribution in [0.4, 0.5) is 17.6 Å². The lowest BCUT2D eigenvalue weighted by Gasteiger charge is -2.38. The summed E-state index contributed by atoms with van der Waals surface area (Å²) in [5, 5.41) is 0.495. The smallest absolute Gasteiger partial charge is 0.407 e. The largest absolute Gasteiger partial charge is 0.490 e. The Labute approximate surface area is 191 Å². The maximum Gasteiger partial charge on any atom is 0.407 e. The molecular formula is C20H28F4N2O5S2. The van der Waals surface area contributed by atoms with E-state index < -0.39 is 43.0 Å². The zero-order valence-electron chi connectivity index (χ0n) is 18.1. The number of nitrogens with zero attached hydrogens (tertiary/aromatic N) is 1. The lowest BCUT2D eigenvalue weighted by molar-refractivity contribution is -0.143. The quantitative estimate of drug-likeness (QED) is 0.560. The molecule has 1 aromatic carbocycles. The molecule has 2 fully saturated rings. The lowest BCUT2D eigenvalue weighted by atomic mass is 9.80. The number of halogens is 4. The Bertz CT molecular complexity index is 1030. The Hall–Kier alpha value is -1.44. The second-order valence-corrected chi connectivity index (χ2v) is 12.7. The van der Waals surface area contributed by atoms with Crippen LogP contribution in [0.5, 0.6) is 5.75 Å². The Morgan fingerprint density at radius 3 is 2.21 bits per heavy atom. The van der Waals surface area contributed by atoms with Gasteiger partial charge < -0.3 is 10.1 Å². The van der Waals surface area contributed by atoms with Crippen molar-refractivity contribution in [3.05, 3.63) is 24.0 Å². The first-order chi connectivity index (χ1) is 15.3. The average Bonchev–Trinajstić information content (AvgIpc) is 2.72. The fraction of sp³-hybridized carbons (Fsp3) is 0.700. The van der Waals surface area contributed by atoms with E-state index in [9.17, 15) is 34.4 Å². The highest BCUT2D eigenvalue weighted by atomic mass is 32.2. The number of piperazine rings is 1. The van der Waals surface area contributed by atoms with Gasteiger partial charge in [-0.2, -0.15) is 17.5 Å². The fourth-order valence-corrected chi connectivity index (χ4v) is 7.18. The standard InChI is InChI=1S/C20H28F4N2O5S2/c1-32(27,28)16-6-7-18(17(21)12-16)31-13-14-2-4-15(5-3-14)19(20(22,23)24)33(29,30)26-10-8-25-9-11-26/h6-7,12,14-15,19,25H,2-5,8-11,13H2,1H3. The van der Waals surface area contributed by atoms with Crippen LogP contribution in [0, 0.1) is 17.7 Å². The van der Waals surface area contributed by atoms with E-state index in [0.717, 1.165) is 16.6 Å². The minimum absolute atomic E-state index is 0.0157. The van der Waals surface area contributed by atoms with Crippen LogP contribution in [0.15, 0.2) is 23.1 Å². The summed E-state index contributed by atoms with van der Waals surface area (Å²) >= 11 is 0. The van der Waals surface area contributed by atoms with Crippen LogP contribution in [0.25, 0.3) is 0 Å². The summed E-state index contributed by atoms with van der Waals surface area (Å²) in [6.07, 6.45) is -3.15. The predicted octanol–water partition coefficient (Wildman–Crippen LogP) is 2.58. The summed E-state index contributed by atoms with van der Waals surface area (Å²) in [6, 6.07) is 3.28. The van der Waals surface area contributed by atoms with Gasteiger partial charge in [0.2, 0.25) is 10.0 Å². The Morgan fingerprint density at radius 1 is 1.09 bits per heavy atom. The molecule has 1 saturated heterocycles. The van der Waals surface area contributed by atoms with E-state index in [1.165, 1.54) is 12.1 Å². The average molecular weight is 517 g/mol. The maximum absolute atomic E-state index is 14.2. The van der Waals surface area contributed by atoms with E-state index in [4.69, 9.17) is 4.74 Å². The number of alkyl halides is 3. The fourth-order valence-electron chi connectivity index (χ4n) is 4.43. The third kappa shape index (κ3) is 6.37. The van der Waals surface area contributed by atoms with Gasteiger partial charge >= 0.3 is 6.18 Å². The topological polar surface area (TPSA) is 92.8 Å². The molecule has 1 aromatic rings. The second kappa shape index (κ2) is 10.0. The Morgan fingerprint density at radius 2 is 1.70 bits per heavy atom. The number of benzene rings is 1. The number of hydrogen-bond donors (Lipinski definition) is 1. The Kier molecular flexibility index (Phi) is 7.97. The molecule has 0 radical (unpaired) electrons. The van der Waals surface area contributed by atoms with Gasteiger partial charge in [0, 0.05) is 32.4 Å². The van der Waals surface area contributed by atoms with E-state index in [2.05, 4.69) is 5.32 Å². The van der Waals surface area contributed by atoms with Crippen molar-refractivity contribution < 1.29 is 39.1 Å². The van der Waals surface area contributed by atoms with Gasteiger partial charge in [0.1, 0.15) is 0 Å². The molecule has 2 aliphatic rings. The highest BCUT2D eigenvalue weighted by Gasteiger charge is 2.55. The predicted molar refractivity (Wildman–Crippen MR) is 114 cm³/mol. The highest BCUT2D eigenvalue weighted by molar-refractivity contribution is 7.90. The van der Waals surface area contributed by atoms with Gasteiger partial charge in [-0.15, -0.1) is 0 Å². The summed E-state index contributed by atoms with van der Waals surface area (Å²) in [5.74, 6) is -2.19. The normalized spacial score (nSPS) is 24.4. The van der Waals surface area contributed by atoms with Gasteiger partial charge in [0.15, 0.2) is 26.7 Å². The number of sulfonamides is 1. The molecule has 0 aromatic heterocycles. The molecule has 1 atom stereocenters. The SMILES string of the molecule is CS(=O)(=O)c1ccc(OCC2CCC(C(C(F)(F)F)S(=O)(=O)N3CCNCC3)CC2)c(F)c1. The van der Waals surface area contributed by atoms with Crippen LogP contribution in [0.3, 0.4) is 0 Å². The summed E-state index contributed by atoms with van der Waals surface area (Å²) in [7, 11) is -8.11. The lowest BCUT2D eigenvalue weighted by Crippen LogP contribution is -2.55. The van der Waals surface area contributed by atoms with E-state index in [-0.39, 0.29) is 49.1 Å². The molecule has 1 N–H and O–H groups in total. The van der Waals surface area contributed by atoms with Crippen molar-refractivity contribution >= 4 is 19.9 Å². The minimum Gasteiger partial charge on any atom is -0.490 e. The molecule has 0 spiro atoms. The number of nitrogens with one attached hydrogen (secondary N) is 1. The van der Waals surface area contributed by atoms with Crippen molar-refractivity contribution in [3.8, 4) is 5.75 Å². The monoisotopic (exact) mass is 516 g/mol. The van der Waals surface area contributed by atoms with Gasteiger partial charge in [0.25, 0.3) is 0 Å². The third-order valence-electron chi connectivity index (χ3n) is 6.20. The molecule has 3 rings (SSSR count). The van der Waals surface area contributed by atoms with Gasteiger partial charge in [-0.05, 0) is 55.7 Å². The van der Waals surface area contributed by atoms with Gasteiger partial charge in [-0.1, -0.05) is 0 Å². The first-order valence-corrected chi connectivity index (χ1v) is 14.1. The second-order valence-electron chi connectivity index (χ2n) is 8.61. The molecule has 0 amide bonds. The van der Waals surface area contributed by atoms with Crippen LogP contribution in [-0.4, -0.2) is 71.6 Å². The van der Waals surface area contributed by atoms with E-state index in [1.807, 2.05) is 0 Å². The molecule has 1 saturated carbocycles. The van der Waals surface area contributed by atoms with Crippen LogP contribution in [0.2, 0.25) is 0 Å². The summed E-state index contributed by atoms with van der Waals surface area (Å²) in [4.78, 5) is -0.184. The number of ether oxygens (including phenoxy) is 1. The number of sulfone groups is 1. The van der Waals surface area contributed by atoms with Crippen LogP contribution in [0.1, 0.15) is 25.7 Å². The molecule has 1 heterocycles. The van der Waals surface area contributed by atoms with Gasteiger partial charge in [-0.25, -0.2) is 21.2 Å². The molecule has 1 aliphatic carbocycles. The van der Waals surface area contributed by atoms with Crippen molar-refractivity contribution in [3.63, 3.8) is 0 Å². The molecular weight excluding hydrogens is 488 g/mol. The number of hydrogen-bond acceptors (Lipinski definition) is 6.